The van der Waals surface area contributed by atoms with E-state index in [-0.39, 0.29) is 5.63 Å². The van der Waals surface area contributed by atoms with Gasteiger partial charge in [-0.25, -0.2) is 4.79 Å². The van der Waals surface area contributed by atoms with Crippen molar-refractivity contribution in [1.29, 1.82) is 0 Å². The SMILES string of the molecule is Cc1cc(=O)oc2c1c(C)nn2-c1cccc2ccccc12. The van der Waals surface area contributed by atoms with Crippen LogP contribution in [0.2, 0.25) is 0 Å². The summed E-state index contributed by atoms with van der Waals surface area (Å²) in [5.74, 6) is 0. The second-order valence-electron chi connectivity index (χ2n) is 5.42. The van der Waals surface area contributed by atoms with Crippen LogP contribution in [0, 0.1) is 13.8 Å². The average Bonchev–Trinajstić information content (AvgIpc) is 2.83. The summed E-state index contributed by atoms with van der Waals surface area (Å²) in [6, 6.07) is 15.6. The highest BCUT2D eigenvalue weighted by molar-refractivity contribution is 5.92. The Hall–Kier alpha value is -2.88. The average molecular weight is 290 g/mol. The lowest BCUT2D eigenvalue weighted by Gasteiger charge is -2.07. The van der Waals surface area contributed by atoms with Gasteiger partial charge in [0.05, 0.1) is 16.8 Å². The summed E-state index contributed by atoms with van der Waals surface area (Å²) in [5, 5.41) is 7.68. The van der Waals surface area contributed by atoms with Gasteiger partial charge >= 0.3 is 5.63 Å². The van der Waals surface area contributed by atoms with E-state index in [1.165, 1.54) is 6.07 Å². The summed E-state index contributed by atoms with van der Waals surface area (Å²) in [5.41, 5.74) is 2.79. The van der Waals surface area contributed by atoms with E-state index < -0.39 is 0 Å². The molecule has 2 heterocycles. The fraction of sp³-hybridized carbons (Fsp3) is 0.111. The zero-order chi connectivity index (χ0) is 15.3. The molecule has 0 fully saturated rings. The molecular weight excluding hydrogens is 276 g/mol. The van der Waals surface area contributed by atoms with Crippen LogP contribution in [0.1, 0.15) is 11.3 Å². The van der Waals surface area contributed by atoms with Crippen LogP contribution >= 0.6 is 0 Å². The predicted molar refractivity (Wildman–Crippen MR) is 86.6 cm³/mol. The van der Waals surface area contributed by atoms with Gasteiger partial charge in [-0.15, -0.1) is 0 Å². The lowest BCUT2D eigenvalue weighted by atomic mass is 10.1. The second kappa shape index (κ2) is 4.56. The molecule has 108 valence electrons. The lowest BCUT2D eigenvalue weighted by Crippen LogP contribution is -2.02. The summed E-state index contributed by atoms with van der Waals surface area (Å²) in [6.07, 6.45) is 0. The molecule has 0 aliphatic heterocycles. The van der Waals surface area contributed by atoms with Gasteiger partial charge in [0.25, 0.3) is 0 Å². The van der Waals surface area contributed by atoms with Gasteiger partial charge in [0, 0.05) is 11.5 Å². The Morgan fingerprint density at radius 3 is 2.68 bits per heavy atom. The molecule has 0 aliphatic carbocycles. The maximum atomic E-state index is 11.8. The van der Waals surface area contributed by atoms with E-state index in [2.05, 4.69) is 17.2 Å². The quantitative estimate of drug-likeness (QED) is 0.536. The van der Waals surface area contributed by atoms with Gasteiger partial charge < -0.3 is 4.42 Å². The van der Waals surface area contributed by atoms with E-state index in [9.17, 15) is 4.79 Å². The van der Waals surface area contributed by atoms with Crippen molar-refractivity contribution in [2.75, 3.05) is 0 Å². The van der Waals surface area contributed by atoms with Crippen LogP contribution in [0.4, 0.5) is 0 Å². The van der Waals surface area contributed by atoms with Crippen molar-refractivity contribution >= 4 is 21.9 Å². The number of hydrogen-bond donors (Lipinski definition) is 0. The summed E-state index contributed by atoms with van der Waals surface area (Å²) in [4.78, 5) is 11.8. The van der Waals surface area contributed by atoms with E-state index in [1.807, 2.05) is 44.2 Å². The number of rotatable bonds is 1. The molecule has 0 saturated carbocycles. The van der Waals surface area contributed by atoms with Crippen molar-refractivity contribution in [3.8, 4) is 5.69 Å². The molecule has 0 N–H and O–H groups in total. The third-order valence-electron chi connectivity index (χ3n) is 3.94. The summed E-state index contributed by atoms with van der Waals surface area (Å²) in [7, 11) is 0. The maximum Gasteiger partial charge on any atom is 0.337 e. The Labute approximate surface area is 126 Å². The van der Waals surface area contributed by atoms with Crippen molar-refractivity contribution in [3.05, 3.63) is 70.2 Å². The van der Waals surface area contributed by atoms with Gasteiger partial charge in [0.1, 0.15) is 0 Å². The van der Waals surface area contributed by atoms with E-state index in [1.54, 1.807) is 4.68 Å². The predicted octanol–water partition coefficient (Wildman–Crippen LogP) is 3.75. The number of benzene rings is 2. The maximum absolute atomic E-state index is 11.8. The third kappa shape index (κ3) is 1.77. The molecule has 0 spiro atoms. The summed E-state index contributed by atoms with van der Waals surface area (Å²) < 4.78 is 7.17. The highest BCUT2D eigenvalue weighted by Crippen LogP contribution is 2.27. The number of aromatic nitrogens is 2. The van der Waals surface area contributed by atoms with Gasteiger partial charge in [-0.1, -0.05) is 36.4 Å². The Balaban J connectivity index is 2.16. The topological polar surface area (TPSA) is 48.0 Å². The molecule has 0 atom stereocenters. The molecule has 2 aromatic carbocycles. The monoisotopic (exact) mass is 290 g/mol. The van der Waals surface area contributed by atoms with Crippen molar-refractivity contribution in [2.45, 2.75) is 13.8 Å². The molecule has 22 heavy (non-hydrogen) atoms. The molecular formula is C18H14N2O2. The summed E-state index contributed by atoms with van der Waals surface area (Å²) >= 11 is 0. The Morgan fingerprint density at radius 2 is 1.82 bits per heavy atom. The van der Waals surface area contributed by atoms with Crippen LogP contribution in [0.25, 0.3) is 27.6 Å². The Bertz CT molecular complexity index is 1070. The zero-order valence-electron chi connectivity index (χ0n) is 12.3. The fourth-order valence-corrected chi connectivity index (χ4v) is 2.98. The smallest absolute Gasteiger partial charge is 0.337 e. The van der Waals surface area contributed by atoms with Crippen molar-refractivity contribution in [1.82, 2.24) is 9.78 Å². The standard InChI is InChI=1S/C18H14N2O2/c1-11-10-16(21)22-18-17(11)12(2)19-20(18)15-9-5-7-13-6-3-4-8-14(13)15/h3-10H,1-2H3. The molecule has 0 radical (unpaired) electrons. The van der Waals surface area contributed by atoms with Crippen molar-refractivity contribution in [2.24, 2.45) is 0 Å². The van der Waals surface area contributed by atoms with Gasteiger partial charge in [-0.2, -0.15) is 9.78 Å². The Morgan fingerprint density at radius 1 is 1.05 bits per heavy atom. The van der Waals surface area contributed by atoms with Gasteiger partial charge in [0.2, 0.25) is 5.71 Å². The number of nitrogens with zero attached hydrogens (tertiary/aromatic N) is 2. The molecule has 0 unspecified atom stereocenters. The van der Waals surface area contributed by atoms with Gasteiger partial charge in [-0.05, 0) is 30.9 Å². The van der Waals surface area contributed by atoms with E-state index in [0.29, 0.717) is 5.71 Å². The lowest BCUT2D eigenvalue weighted by molar-refractivity contribution is 0.535. The number of fused-ring (bicyclic) bond motifs is 2. The second-order valence-corrected chi connectivity index (χ2v) is 5.42. The first kappa shape index (κ1) is 12.8. The van der Waals surface area contributed by atoms with Crippen LogP contribution < -0.4 is 5.63 Å². The molecule has 0 amide bonds. The van der Waals surface area contributed by atoms with Crippen LogP contribution in [0.5, 0.6) is 0 Å². The van der Waals surface area contributed by atoms with Crippen LogP contribution in [-0.4, -0.2) is 9.78 Å². The molecule has 0 bridgehead atoms. The molecule has 0 saturated heterocycles. The van der Waals surface area contributed by atoms with Crippen LogP contribution in [0.3, 0.4) is 0 Å². The van der Waals surface area contributed by atoms with Crippen molar-refractivity contribution in [3.63, 3.8) is 0 Å². The number of aryl methyl sites for hydroxylation is 2. The number of hydrogen-bond acceptors (Lipinski definition) is 3. The molecule has 0 aliphatic rings. The summed E-state index contributed by atoms with van der Waals surface area (Å²) in [6.45, 7) is 3.83. The first-order chi connectivity index (χ1) is 10.6. The fourth-order valence-electron chi connectivity index (χ4n) is 2.98. The van der Waals surface area contributed by atoms with E-state index >= 15 is 0 Å². The molecule has 4 nitrogen and oxygen atoms in total. The largest absolute Gasteiger partial charge is 0.403 e. The van der Waals surface area contributed by atoms with Crippen molar-refractivity contribution < 1.29 is 4.42 Å². The highest BCUT2D eigenvalue weighted by atomic mass is 16.4. The van der Waals surface area contributed by atoms with Gasteiger partial charge in [-0.3, -0.25) is 0 Å². The van der Waals surface area contributed by atoms with Crippen LogP contribution in [-0.2, 0) is 0 Å². The molecule has 4 heteroatoms. The van der Waals surface area contributed by atoms with Crippen LogP contribution in [0.15, 0.2) is 57.7 Å². The van der Waals surface area contributed by atoms with Gasteiger partial charge in [0.15, 0.2) is 0 Å². The minimum Gasteiger partial charge on any atom is -0.403 e. The van der Waals surface area contributed by atoms with E-state index in [0.717, 1.165) is 33.1 Å². The van der Waals surface area contributed by atoms with E-state index in [4.69, 9.17) is 4.42 Å². The minimum absolute atomic E-state index is 0.355. The Kier molecular flexibility index (Phi) is 2.66. The minimum atomic E-state index is -0.355. The first-order valence-electron chi connectivity index (χ1n) is 7.13. The molecule has 2 aromatic heterocycles. The molecule has 4 aromatic rings. The highest BCUT2D eigenvalue weighted by Gasteiger charge is 2.15. The zero-order valence-corrected chi connectivity index (χ0v) is 12.3. The normalized spacial score (nSPS) is 11.4. The molecule has 4 rings (SSSR count). The third-order valence-corrected chi connectivity index (χ3v) is 3.94. The first-order valence-corrected chi connectivity index (χ1v) is 7.13.